The number of benzene rings is 2. The van der Waals surface area contributed by atoms with Gasteiger partial charge in [-0.05, 0) is 68.0 Å². The van der Waals surface area contributed by atoms with Crippen molar-refractivity contribution in [2.75, 3.05) is 12.4 Å². The van der Waals surface area contributed by atoms with E-state index in [0.717, 1.165) is 28.1 Å². The normalized spacial score (nSPS) is 16.1. The molecule has 3 aromatic rings. The summed E-state index contributed by atoms with van der Waals surface area (Å²) in [7, 11) is 1.65. The molecule has 158 valence electrons. The Labute approximate surface area is 191 Å². The molecule has 4 rings (SSSR count). The molecule has 0 saturated carbocycles. The third-order valence-corrected chi connectivity index (χ3v) is 5.64. The molecule has 0 amide bonds. The number of ether oxygens (including phenoxy) is 1. The van der Waals surface area contributed by atoms with E-state index < -0.39 is 0 Å². The van der Waals surface area contributed by atoms with E-state index in [-0.39, 0.29) is 6.04 Å². The smallest absolute Gasteiger partial charge is 0.227 e. The van der Waals surface area contributed by atoms with Crippen molar-refractivity contribution in [1.29, 1.82) is 0 Å². The molecular formula is C24H22Cl2N4O. The quantitative estimate of drug-likeness (QED) is 0.441. The molecule has 1 aliphatic rings. The number of anilines is 1. The molecule has 7 heteroatoms. The van der Waals surface area contributed by atoms with Gasteiger partial charge in [-0.1, -0.05) is 41.4 Å². The maximum Gasteiger partial charge on any atom is 0.227 e. The number of fused-ring (bicyclic) bond motifs is 1. The summed E-state index contributed by atoms with van der Waals surface area (Å²) in [5.74, 6) is 2.06. The second-order valence-electron chi connectivity index (χ2n) is 6.99. The maximum absolute atomic E-state index is 6.57. The Hall–Kier alpha value is -3.02. The number of methoxy groups -OCH3 is 1. The standard InChI is InChI=1S/C24H22Cl2N4O/c1-4-6-15(5-2)23-28-24-27-21(16-7-10-18(31-3)11-8-16)14-22(30(24)29-23)19-13-17(25)9-12-20(19)26/h4-14,22H,1-3H3,(H,27,28,29)/b6-4-,15-5+. The van der Waals surface area contributed by atoms with Crippen LogP contribution in [0.2, 0.25) is 10.0 Å². The van der Waals surface area contributed by atoms with Crippen LogP contribution in [0.5, 0.6) is 5.75 Å². The Morgan fingerprint density at radius 2 is 1.90 bits per heavy atom. The number of nitrogens with one attached hydrogen (secondary N) is 1. The summed E-state index contributed by atoms with van der Waals surface area (Å²) in [6, 6.07) is 13.0. The summed E-state index contributed by atoms with van der Waals surface area (Å²) < 4.78 is 7.13. The minimum absolute atomic E-state index is 0.274. The number of halogens is 2. The molecule has 0 saturated heterocycles. The summed E-state index contributed by atoms with van der Waals surface area (Å²) in [6.45, 7) is 3.94. The monoisotopic (exact) mass is 452 g/mol. The molecule has 2 aromatic carbocycles. The first-order valence-corrected chi connectivity index (χ1v) is 10.6. The largest absolute Gasteiger partial charge is 0.497 e. The van der Waals surface area contributed by atoms with Gasteiger partial charge in [0.2, 0.25) is 5.95 Å². The topological polar surface area (TPSA) is 52.0 Å². The van der Waals surface area contributed by atoms with Gasteiger partial charge in [0.1, 0.15) is 11.8 Å². The fourth-order valence-corrected chi connectivity index (χ4v) is 3.91. The van der Waals surface area contributed by atoms with Gasteiger partial charge in [-0.3, -0.25) is 0 Å². The molecule has 0 aliphatic carbocycles. The van der Waals surface area contributed by atoms with Crippen LogP contribution in [0.3, 0.4) is 0 Å². The van der Waals surface area contributed by atoms with E-state index >= 15 is 0 Å². The second-order valence-corrected chi connectivity index (χ2v) is 7.84. The van der Waals surface area contributed by atoms with E-state index in [1.54, 1.807) is 19.2 Å². The van der Waals surface area contributed by atoms with Gasteiger partial charge in [0.15, 0.2) is 5.82 Å². The van der Waals surface area contributed by atoms with Crippen LogP contribution in [0, 0.1) is 0 Å². The van der Waals surface area contributed by atoms with Gasteiger partial charge in [0, 0.05) is 26.9 Å². The van der Waals surface area contributed by atoms with E-state index in [2.05, 4.69) is 11.4 Å². The first-order chi connectivity index (χ1) is 15.0. The van der Waals surface area contributed by atoms with Gasteiger partial charge in [0.25, 0.3) is 0 Å². The molecule has 1 atom stereocenters. The molecule has 0 fully saturated rings. The highest BCUT2D eigenvalue weighted by atomic mass is 35.5. The third-order valence-electron chi connectivity index (χ3n) is 5.06. The van der Waals surface area contributed by atoms with Crippen molar-refractivity contribution in [1.82, 2.24) is 14.8 Å². The zero-order valence-corrected chi connectivity index (χ0v) is 18.9. The summed E-state index contributed by atoms with van der Waals surface area (Å²) in [4.78, 5) is 4.76. The van der Waals surface area contributed by atoms with Crippen LogP contribution in [0.25, 0.3) is 11.3 Å². The first kappa shape index (κ1) is 21.2. The summed E-state index contributed by atoms with van der Waals surface area (Å²) in [5, 5.41) is 9.42. The third kappa shape index (κ3) is 4.24. The first-order valence-electron chi connectivity index (χ1n) is 9.88. The molecule has 31 heavy (non-hydrogen) atoms. The molecule has 0 spiro atoms. The van der Waals surface area contributed by atoms with Crippen LogP contribution in [-0.2, 0) is 0 Å². The van der Waals surface area contributed by atoms with Crippen molar-refractivity contribution in [2.24, 2.45) is 0 Å². The van der Waals surface area contributed by atoms with Gasteiger partial charge in [0.05, 0.1) is 7.11 Å². The highest BCUT2D eigenvalue weighted by Crippen LogP contribution is 2.37. The lowest BCUT2D eigenvalue weighted by Gasteiger charge is -2.25. The number of rotatable bonds is 5. The Morgan fingerprint density at radius 1 is 1.13 bits per heavy atom. The zero-order chi connectivity index (χ0) is 22.0. The number of hydrogen-bond acceptors (Lipinski definition) is 4. The Bertz CT molecular complexity index is 1190. The highest BCUT2D eigenvalue weighted by molar-refractivity contribution is 6.33. The summed E-state index contributed by atoms with van der Waals surface area (Å²) in [6.07, 6.45) is 8.02. The average Bonchev–Trinajstić information content (AvgIpc) is 3.22. The van der Waals surface area contributed by atoms with Crippen molar-refractivity contribution < 1.29 is 4.74 Å². The van der Waals surface area contributed by atoms with E-state index in [1.807, 2.05) is 67.1 Å². The molecule has 1 unspecified atom stereocenters. The Morgan fingerprint density at radius 3 is 2.58 bits per heavy atom. The molecular weight excluding hydrogens is 431 g/mol. The molecule has 0 radical (unpaired) electrons. The van der Waals surface area contributed by atoms with Crippen molar-refractivity contribution in [3.05, 3.63) is 93.8 Å². The van der Waals surface area contributed by atoms with E-state index in [1.165, 1.54) is 0 Å². The second kappa shape index (κ2) is 9.00. The fourth-order valence-electron chi connectivity index (χ4n) is 3.50. The molecule has 1 N–H and O–H groups in total. The fraction of sp³-hybridized carbons (Fsp3) is 0.167. The summed E-state index contributed by atoms with van der Waals surface area (Å²) in [5.41, 5.74) is 3.70. The lowest BCUT2D eigenvalue weighted by molar-refractivity contribution is 0.415. The molecule has 5 nitrogen and oxygen atoms in total. The number of nitrogens with zero attached hydrogens (tertiary/aromatic N) is 3. The van der Waals surface area contributed by atoms with Crippen LogP contribution < -0.4 is 10.1 Å². The van der Waals surface area contributed by atoms with Gasteiger partial charge in [-0.2, -0.15) is 4.98 Å². The van der Waals surface area contributed by atoms with Crippen LogP contribution >= 0.6 is 23.2 Å². The van der Waals surface area contributed by atoms with Gasteiger partial charge < -0.3 is 10.1 Å². The van der Waals surface area contributed by atoms with E-state index in [9.17, 15) is 0 Å². The minimum Gasteiger partial charge on any atom is -0.497 e. The molecule has 1 aromatic heterocycles. The summed E-state index contributed by atoms with van der Waals surface area (Å²) >= 11 is 12.9. The van der Waals surface area contributed by atoms with Crippen molar-refractivity contribution in [2.45, 2.75) is 19.9 Å². The predicted octanol–water partition coefficient (Wildman–Crippen LogP) is 6.63. The SMILES string of the molecule is C/C=C\C(=C/C)c1nc2n(n1)C(c1cc(Cl)ccc1Cl)C=C(c1ccc(OC)cc1)N2. The molecule has 0 bridgehead atoms. The van der Waals surface area contributed by atoms with Gasteiger partial charge in [-0.15, -0.1) is 5.10 Å². The van der Waals surface area contributed by atoms with Gasteiger partial charge >= 0.3 is 0 Å². The van der Waals surface area contributed by atoms with Crippen LogP contribution in [-0.4, -0.2) is 21.9 Å². The van der Waals surface area contributed by atoms with Crippen LogP contribution in [0.15, 0.2) is 66.8 Å². The van der Waals surface area contributed by atoms with E-state index in [4.69, 9.17) is 38.0 Å². The van der Waals surface area contributed by atoms with Crippen molar-refractivity contribution >= 4 is 40.4 Å². The lowest BCUT2D eigenvalue weighted by atomic mass is 10.0. The Balaban J connectivity index is 1.85. The molecule has 1 aliphatic heterocycles. The van der Waals surface area contributed by atoms with Crippen molar-refractivity contribution in [3.8, 4) is 5.75 Å². The number of hydrogen-bond donors (Lipinski definition) is 1. The molecule has 2 heterocycles. The maximum atomic E-state index is 6.57. The lowest BCUT2D eigenvalue weighted by Crippen LogP contribution is -2.20. The average molecular weight is 453 g/mol. The van der Waals surface area contributed by atoms with Crippen LogP contribution in [0.4, 0.5) is 5.95 Å². The zero-order valence-electron chi connectivity index (χ0n) is 17.4. The Kier molecular flexibility index (Phi) is 6.16. The number of aromatic nitrogens is 3. The highest BCUT2D eigenvalue weighted by Gasteiger charge is 2.27. The minimum atomic E-state index is -0.274. The number of allylic oxidation sites excluding steroid dienone is 5. The van der Waals surface area contributed by atoms with Crippen molar-refractivity contribution in [3.63, 3.8) is 0 Å². The van der Waals surface area contributed by atoms with Gasteiger partial charge in [-0.25, -0.2) is 4.68 Å². The van der Waals surface area contributed by atoms with E-state index in [0.29, 0.717) is 21.8 Å². The van der Waals surface area contributed by atoms with Crippen LogP contribution in [0.1, 0.15) is 36.8 Å². The predicted molar refractivity (Wildman–Crippen MR) is 128 cm³/mol.